The van der Waals surface area contributed by atoms with Gasteiger partial charge in [-0.3, -0.25) is 0 Å². The lowest BCUT2D eigenvalue weighted by Gasteiger charge is -2.11. The summed E-state index contributed by atoms with van der Waals surface area (Å²) >= 11 is 0. The van der Waals surface area contributed by atoms with Crippen LogP contribution in [-0.4, -0.2) is 7.05 Å². The molecule has 1 unspecified atom stereocenters. The molecule has 0 amide bonds. The molecule has 70 valence electrons. The first kappa shape index (κ1) is 9.93. The van der Waals surface area contributed by atoms with E-state index in [1.54, 1.807) is 19.1 Å². The number of rotatable bonds is 3. The Kier molecular flexibility index (Phi) is 3.20. The Morgan fingerprint density at radius 2 is 2.23 bits per heavy atom. The van der Waals surface area contributed by atoms with Gasteiger partial charge in [0.25, 0.3) is 0 Å². The van der Waals surface area contributed by atoms with Crippen LogP contribution >= 0.6 is 0 Å². The van der Waals surface area contributed by atoms with Crippen LogP contribution in [0.25, 0.3) is 0 Å². The second kappa shape index (κ2) is 4.19. The highest BCUT2D eigenvalue weighted by atomic mass is 19.1. The molecule has 1 atom stereocenters. The molecule has 0 fully saturated rings. The molecule has 0 saturated heterocycles. The molecule has 0 spiro atoms. The summed E-state index contributed by atoms with van der Waals surface area (Å²) in [5.41, 5.74) is 1.57. The molecule has 2 heteroatoms. The molecule has 1 aromatic rings. The summed E-state index contributed by atoms with van der Waals surface area (Å²) in [6.07, 6.45) is 1.75. The van der Waals surface area contributed by atoms with E-state index < -0.39 is 0 Å². The molecule has 0 bridgehead atoms. The highest BCUT2D eigenvalue weighted by molar-refractivity contribution is 5.27. The summed E-state index contributed by atoms with van der Waals surface area (Å²) in [5, 5.41) is 3.03. The fourth-order valence-corrected chi connectivity index (χ4v) is 1.22. The summed E-state index contributed by atoms with van der Waals surface area (Å²) in [6, 6.07) is 5.24. The predicted molar refractivity (Wildman–Crippen MR) is 53.1 cm³/mol. The zero-order valence-corrected chi connectivity index (χ0v) is 7.97. The van der Waals surface area contributed by atoms with Crippen molar-refractivity contribution in [2.45, 2.75) is 13.0 Å². The van der Waals surface area contributed by atoms with E-state index in [0.717, 1.165) is 5.56 Å². The first-order valence-electron chi connectivity index (χ1n) is 4.25. The Bertz CT molecular complexity index is 307. The normalized spacial score (nSPS) is 12.5. The van der Waals surface area contributed by atoms with E-state index in [1.807, 2.05) is 13.1 Å². The summed E-state index contributed by atoms with van der Waals surface area (Å²) in [4.78, 5) is 0. The van der Waals surface area contributed by atoms with Crippen LogP contribution in [0.3, 0.4) is 0 Å². The summed E-state index contributed by atoms with van der Waals surface area (Å²) in [5.74, 6) is -0.167. The summed E-state index contributed by atoms with van der Waals surface area (Å²) in [7, 11) is 1.82. The average Bonchev–Trinajstić information content (AvgIpc) is 2.13. The largest absolute Gasteiger partial charge is 0.310 e. The first-order chi connectivity index (χ1) is 6.19. The molecule has 1 aromatic carbocycles. The van der Waals surface area contributed by atoms with Gasteiger partial charge in [0.05, 0.1) is 6.04 Å². The van der Waals surface area contributed by atoms with E-state index in [2.05, 4.69) is 11.9 Å². The highest BCUT2D eigenvalue weighted by Gasteiger charge is 2.06. The van der Waals surface area contributed by atoms with E-state index in [1.165, 1.54) is 6.07 Å². The number of nitrogens with one attached hydrogen (secondary N) is 1. The van der Waals surface area contributed by atoms with E-state index in [9.17, 15) is 4.39 Å². The van der Waals surface area contributed by atoms with E-state index in [4.69, 9.17) is 0 Å². The molecule has 0 aromatic heterocycles. The van der Waals surface area contributed by atoms with E-state index >= 15 is 0 Å². The maximum Gasteiger partial charge on any atom is 0.126 e. The lowest BCUT2D eigenvalue weighted by Crippen LogP contribution is -2.13. The Morgan fingerprint density at radius 1 is 1.54 bits per heavy atom. The molecule has 0 aliphatic rings. The van der Waals surface area contributed by atoms with Crippen LogP contribution in [0, 0.1) is 12.7 Å². The topological polar surface area (TPSA) is 12.0 Å². The third-order valence-corrected chi connectivity index (χ3v) is 2.10. The number of aryl methyl sites for hydroxylation is 1. The molecule has 13 heavy (non-hydrogen) atoms. The van der Waals surface area contributed by atoms with Crippen LogP contribution in [0.4, 0.5) is 4.39 Å². The lowest BCUT2D eigenvalue weighted by atomic mass is 10.1. The number of benzene rings is 1. The third-order valence-electron chi connectivity index (χ3n) is 2.10. The average molecular weight is 179 g/mol. The maximum absolute atomic E-state index is 13.2. The van der Waals surface area contributed by atoms with Crippen LogP contribution in [-0.2, 0) is 0 Å². The van der Waals surface area contributed by atoms with Crippen LogP contribution < -0.4 is 5.32 Å². The minimum Gasteiger partial charge on any atom is -0.310 e. The fraction of sp³-hybridized carbons (Fsp3) is 0.273. The van der Waals surface area contributed by atoms with Gasteiger partial charge in [0.1, 0.15) is 5.82 Å². The zero-order chi connectivity index (χ0) is 9.84. The van der Waals surface area contributed by atoms with Gasteiger partial charge in [-0.25, -0.2) is 4.39 Å². The van der Waals surface area contributed by atoms with Crippen LogP contribution in [0.15, 0.2) is 30.9 Å². The van der Waals surface area contributed by atoms with Gasteiger partial charge in [0.2, 0.25) is 0 Å². The fourth-order valence-electron chi connectivity index (χ4n) is 1.22. The standard InChI is InChI=1S/C11H14FN/c1-4-11(13-3)9-6-5-8(2)10(12)7-9/h4-7,11,13H,1H2,2-3H3. The van der Waals surface area contributed by atoms with E-state index in [0.29, 0.717) is 5.56 Å². The molecule has 0 saturated carbocycles. The van der Waals surface area contributed by atoms with Crippen molar-refractivity contribution in [1.29, 1.82) is 0 Å². The molecule has 0 heterocycles. The van der Waals surface area contributed by atoms with Crippen LogP contribution in [0.1, 0.15) is 17.2 Å². The molecule has 0 aliphatic carbocycles. The van der Waals surface area contributed by atoms with Crippen molar-refractivity contribution in [3.63, 3.8) is 0 Å². The smallest absolute Gasteiger partial charge is 0.126 e. The zero-order valence-electron chi connectivity index (χ0n) is 7.97. The van der Waals surface area contributed by atoms with E-state index in [-0.39, 0.29) is 11.9 Å². The monoisotopic (exact) mass is 179 g/mol. The van der Waals surface area contributed by atoms with Crippen molar-refractivity contribution >= 4 is 0 Å². The Balaban J connectivity index is 3.01. The molecule has 1 nitrogen and oxygen atoms in total. The molecule has 1 N–H and O–H groups in total. The van der Waals surface area contributed by atoms with Gasteiger partial charge in [-0.1, -0.05) is 18.2 Å². The highest BCUT2D eigenvalue weighted by Crippen LogP contribution is 2.16. The van der Waals surface area contributed by atoms with Gasteiger partial charge < -0.3 is 5.32 Å². The van der Waals surface area contributed by atoms with Crippen molar-refractivity contribution in [3.05, 3.63) is 47.8 Å². The first-order valence-corrected chi connectivity index (χ1v) is 4.25. The second-order valence-electron chi connectivity index (χ2n) is 3.01. The van der Waals surface area contributed by atoms with Gasteiger partial charge in [0, 0.05) is 0 Å². The van der Waals surface area contributed by atoms with Crippen molar-refractivity contribution in [2.75, 3.05) is 7.05 Å². The van der Waals surface area contributed by atoms with Crippen molar-refractivity contribution in [1.82, 2.24) is 5.32 Å². The second-order valence-corrected chi connectivity index (χ2v) is 3.01. The molecule has 0 aliphatic heterocycles. The predicted octanol–water partition coefficient (Wildman–Crippen LogP) is 2.58. The van der Waals surface area contributed by atoms with Crippen molar-refractivity contribution in [2.24, 2.45) is 0 Å². The maximum atomic E-state index is 13.2. The number of hydrogen-bond acceptors (Lipinski definition) is 1. The molecular formula is C11H14FN. The van der Waals surface area contributed by atoms with Crippen LogP contribution in [0.2, 0.25) is 0 Å². The quantitative estimate of drug-likeness (QED) is 0.703. The summed E-state index contributed by atoms with van der Waals surface area (Å²) in [6.45, 7) is 5.43. The molecular weight excluding hydrogens is 165 g/mol. The molecule has 0 radical (unpaired) electrons. The number of halogens is 1. The minimum atomic E-state index is -0.167. The van der Waals surface area contributed by atoms with Crippen molar-refractivity contribution < 1.29 is 4.39 Å². The van der Waals surface area contributed by atoms with Gasteiger partial charge in [0.15, 0.2) is 0 Å². The minimum absolute atomic E-state index is 0.0232. The van der Waals surface area contributed by atoms with Gasteiger partial charge in [-0.05, 0) is 31.2 Å². The van der Waals surface area contributed by atoms with Gasteiger partial charge in [-0.2, -0.15) is 0 Å². The summed E-state index contributed by atoms with van der Waals surface area (Å²) < 4.78 is 13.2. The third kappa shape index (κ3) is 2.16. The Morgan fingerprint density at radius 3 is 2.69 bits per heavy atom. The van der Waals surface area contributed by atoms with Gasteiger partial charge in [-0.15, -0.1) is 6.58 Å². The Labute approximate surface area is 78.3 Å². The van der Waals surface area contributed by atoms with Crippen molar-refractivity contribution in [3.8, 4) is 0 Å². The van der Waals surface area contributed by atoms with Crippen LogP contribution in [0.5, 0.6) is 0 Å². The van der Waals surface area contributed by atoms with Gasteiger partial charge >= 0.3 is 0 Å². The number of hydrogen-bond donors (Lipinski definition) is 1. The molecule has 1 rings (SSSR count). The SMILES string of the molecule is C=CC(NC)c1ccc(C)c(F)c1. The lowest BCUT2D eigenvalue weighted by molar-refractivity contribution is 0.610. The Hall–Kier alpha value is -1.15. The number of likely N-dealkylation sites (N-methyl/N-ethyl adjacent to an activating group) is 1.